The van der Waals surface area contributed by atoms with Gasteiger partial charge in [0.2, 0.25) is 11.9 Å². The highest BCUT2D eigenvalue weighted by atomic mass is 79.9. The molecule has 190 valence electrons. The Kier molecular flexibility index (Phi) is 6.69. The maximum Gasteiger partial charge on any atom is 0.407 e. The van der Waals surface area contributed by atoms with Gasteiger partial charge >= 0.3 is 6.09 Å². The summed E-state index contributed by atoms with van der Waals surface area (Å²) >= 11 is 3.55. The van der Waals surface area contributed by atoms with E-state index < -0.39 is 5.60 Å². The molecule has 1 aliphatic heterocycles. The number of halogens is 1. The minimum atomic E-state index is -0.498. The van der Waals surface area contributed by atoms with Crippen LogP contribution in [-0.2, 0) is 11.3 Å². The number of aromatic nitrogens is 6. The number of H-pyrrole nitrogens is 1. The molecule has 0 aliphatic carbocycles. The lowest BCUT2D eigenvalue weighted by Gasteiger charge is -2.32. The van der Waals surface area contributed by atoms with Crippen LogP contribution in [0, 0.1) is 5.92 Å². The molecule has 0 bridgehead atoms. The summed E-state index contributed by atoms with van der Waals surface area (Å²) in [6, 6.07) is 7.94. The van der Waals surface area contributed by atoms with E-state index in [9.17, 15) is 4.79 Å². The number of imidazole rings is 1. The summed E-state index contributed by atoms with van der Waals surface area (Å²) in [4.78, 5) is 31.7. The van der Waals surface area contributed by atoms with Gasteiger partial charge in [0.1, 0.15) is 11.4 Å². The molecule has 0 unspecified atom stereocenters. The Morgan fingerprint density at radius 2 is 1.97 bits per heavy atom. The fraction of sp³-hybridized carbons (Fsp3) is 0.458. The van der Waals surface area contributed by atoms with E-state index in [1.807, 2.05) is 45.0 Å². The van der Waals surface area contributed by atoms with Crippen molar-refractivity contribution in [2.45, 2.75) is 45.8 Å². The van der Waals surface area contributed by atoms with Crippen LogP contribution in [-0.4, -0.2) is 60.9 Å². The fourth-order valence-corrected chi connectivity index (χ4v) is 4.57. The lowest BCUT2D eigenvalue weighted by molar-refractivity contribution is 0.0516. The number of anilines is 2. The predicted molar refractivity (Wildman–Crippen MR) is 141 cm³/mol. The summed E-state index contributed by atoms with van der Waals surface area (Å²) in [5, 5.41) is 10.7. The van der Waals surface area contributed by atoms with Crippen molar-refractivity contribution in [2.75, 3.05) is 29.9 Å². The number of fused-ring (bicyclic) bond motifs is 2. The highest BCUT2D eigenvalue weighted by molar-refractivity contribution is 9.10. The van der Waals surface area contributed by atoms with Crippen molar-refractivity contribution in [1.82, 2.24) is 34.9 Å². The van der Waals surface area contributed by atoms with Crippen molar-refractivity contribution in [1.29, 1.82) is 0 Å². The molecule has 1 aliphatic rings. The normalized spacial score (nSPS) is 14.9. The molecule has 11 nitrogen and oxygen atoms in total. The van der Waals surface area contributed by atoms with E-state index in [1.54, 1.807) is 10.7 Å². The Bertz CT molecular complexity index is 1340. The predicted octanol–water partition coefficient (Wildman–Crippen LogP) is 4.12. The second kappa shape index (κ2) is 9.92. The number of hydrogen-bond acceptors (Lipinski definition) is 8. The zero-order chi connectivity index (χ0) is 25.3. The molecular formula is C24H30BrN9O2. The molecular weight excluding hydrogens is 526 g/mol. The number of carbonyl (C=O) groups is 1. The average Bonchev–Trinajstić information content (AvgIpc) is 3.43. The van der Waals surface area contributed by atoms with Crippen LogP contribution in [0.25, 0.3) is 16.7 Å². The summed E-state index contributed by atoms with van der Waals surface area (Å²) in [5.74, 6) is 2.43. The molecule has 4 heterocycles. The summed E-state index contributed by atoms with van der Waals surface area (Å²) in [6.07, 6.45) is 3.19. The number of nitrogens with zero attached hydrogens (tertiary/aromatic N) is 6. The SMILES string of the molecule is CC(C)(C)OC(=O)NCC1CCN(c2nc(NCc3nc4ccccc4[nH]3)n3ncc(Br)c3n2)CC1. The minimum absolute atomic E-state index is 0.371. The highest BCUT2D eigenvalue weighted by Crippen LogP contribution is 2.25. The second-order valence-electron chi connectivity index (χ2n) is 9.94. The van der Waals surface area contributed by atoms with E-state index in [0.717, 1.165) is 47.3 Å². The first kappa shape index (κ1) is 24.3. The van der Waals surface area contributed by atoms with Crippen LogP contribution < -0.4 is 15.5 Å². The van der Waals surface area contributed by atoms with Gasteiger partial charge in [0.25, 0.3) is 0 Å². The maximum atomic E-state index is 12.0. The third-order valence-electron chi connectivity index (χ3n) is 6.00. The molecule has 1 aromatic carbocycles. The van der Waals surface area contributed by atoms with E-state index in [2.05, 4.69) is 46.5 Å². The van der Waals surface area contributed by atoms with E-state index in [-0.39, 0.29) is 6.09 Å². The van der Waals surface area contributed by atoms with Crippen LogP contribution in [0.2, 0.25) is 0 Å². The number of piperidine rings is 1. The molecule has 0 spiro atoms. The van der Waals surface area contributed by atoms with E-state index in [4.69, 9.17) is 14.7 Å². The van der Waals surface area contributed by atoms with Gasteiger partial charge in [0.05, 0.1) is 28.2 Å². The van der Waals surface area contributed by atoms with Crippen molar-refractivity contribution >= 4 is 50.6 Å². The number of alkyl carbamates (subject to hydrolysis) is 1. The smallest absolute Gasteiger partial charge is 0.407 e. The standard InChI is InChI=1S/C24H30BrN9O2/c1-24(2,3)36-23(35)27-12-15-8-10-33(11-9-15)22-31-20-16(25)13-28-34(20)21(32-22)26-14-19-29-17-6-4-5-7-18(17)30-19/h4-7,13,15H,8-12,14H2,1-3H3,(H,27,35)(H,29,30)(H,26,31,32). The Labute approximate surface area is 217 Å². The van der Waals surface area contributed by atoms with Crippen molar-refractivity contribution in [2.24, 2.45) is 5.92 Å². The Morgan fingerprint density at radius 1 is 1.19 bits per heavy atom. The molecule has 36 heavy (non-hydrogen) atoms. The molecule has 0 radical (unpaired) electrons. The van der Waals surface area contributed by atoms with Crippen molar-refractivity contribution in [3.05, 3.63) is 40.8 Å². The first-order valence-electron chi connectivity index (χ1n) is 12.1. The lowest BCUT2D eigenvalue weighted by Crippen LogP contribution is -2.40. The van der Waals surface area contributed by atoms with Gasteiger partial charge < -0.3 is 25.3 Å². The van der Waals surface area contributed by atoms with Crippen LogP contribution in [0.1, 0.15) is 39.4 Å². The van der Waals surface area contributed by atoms with Crippen LogP contribution in [0.15, 0.2) is 34.9 Å². The van der Waals surface area contributed by atoms with Gasteiger partial charge in [-0.25, -0.2) is 9.78 Å². The molecule has 4 aromatic rings. The van der Waals surface area contributed by atoms with Crippen LogP contribution in [0.5, 0.6) is 0 Å². The number of nitrogens with one attached hydrogen (secondary N) is 3. The largest absolute Gasteiger partial charge is 0.444 e. The molecule has 1 amide bonds. The van der Waals surface area contributed by atoms with Gasteiger partial charge in [-0.1, -0.05) is 12.1 Å². The van der Waals surface area contributed by atoms with E-state index in [1.165, 1.54) is 0 Å². The van der Waals surface area contributed by atoms with Crippen LogP contribution >= 0.6 is 15.9 Å². The summed E-state index contributed by atoms with van der Waals surface area (Å²) in [6.45, 7) is 8.25. The van der Waals surface area contributed by atoms with Gasteiger partial charge in [0, 0.05) is 19.6 Å². The number of rotatable bonds is 6. The van der Waals surface area contributed by atoms with Gasteiger partial charge in [-0.3, -0.25) is 0 Å². The van der Waals surface area contributed by atoms with E-state index in [0.29, 0.717) is 36.6 Å². The lowest BCUT2D eigenvalue weighted by atomic mass is 9.97. The summed E-state index contributed by atoms with van der Waals surface area (Å²) in [7, 11) is 0. The quantitative estimate of drug-likeness (QED) is 0.324. The van der Waals surface area contributed by atoms with Crippen molar-refractivity contribution in [3.63, 3.8) is 0 Å². The first-order valence-corrected chi connectivity index (χ1v) is 12.8. The third kappa shape index (κ3) is 5.53. The van der Waals surface area contributed by atoms with Crippen LogP contribution in [0.4, 0.5) is 16.7 Å². The molecule has 1 fully saturated rings. The molecule has 3 N–H and O–H groups in total. The second-order valence-corrected chi connectivity index (χ2v) is 10.8. The monoisotopic (exact) mass is 555 g/mol. The molecule has 3 aromatic heterocycles. The maximum absolute atomic E-state index is 12.0. The highest BCUT2D eigenvalue weighted by Gasteiger charge is 2.24. The molecule has 0 atom stereocenters. The van der Waals surface area contributed by atoms with Crippen molar-refractivity contribution in [3.8, 4) is 0 Å². The summed E-state index contributed by atoms with van der Waals surface area (Å²) < 4.78 is 7.83. The number of hydrogen-bond donors (Lipinski definition) is 3. The van der Waals surface area contributed by atoms with Gasteiger partial charge in [0.15, 0.2) is 5.65 Å². The Hall–Kier alpha value is -3.41. The molecule has 12 heteroatoms. The number of carbonyl (C=O) groups excluding carboxylic acids is 1. The van der Waals surface area contributed by atoms with Gasteiger partial charge in [-0.15, -0.1) is 0 Å². The minimum Gasteiger partial charge on any atom is -0.444 e. The van der Waals surface area contributed by atoms with Crippen LogP contribution in [0.3, 0.4) is 0 Å². The number of ether oxygens (including phenoxy) is 1. The molecule has 1 saturated heterocycles. The molecule has 5 rings (SSSR count). The first-order chi connectivity index (χ1) is 17.2. The Morgan fingerprint density at radius 3 is 2.72 bits per heavy atom. The third-order valence-corrected chi connectivity index (χ3v) is 6.56. The molecule has 0 saturated carbocycles. The number of aromatic amines is 1. The number of para-hydroxylation sites is 2. The van der Waals surface area contributed by atoms with Gasteiger partial charge in [-0.2, -0.15) is 19.6 Å². The Balaban J connectivity index is 1.25. The zero-order valence-electron chi connectivity index (χ0n) is 20.6. The fourth-order valence-electron chi connectivity index (χ4n) is 4.23. The van der Waals surface area contributed by atoms with Gasteiger partial charge in [-0.05, 0) is 67.6 Å². The summed E-state index contributed by atoms with van der Waals surface area (Å²) in [5.41, 5.74) is 2.12. The number of benzene rings is 1. The van der Waals surface area contributed by atoms with Crippen molar-refractivity contribution < 1.29 is 9.53 Å². The van der Waals surface area contributed by atoms with E-state index >= 15 is 0 Å². The average molecular weight is 556 g/mol. The topological polar surface area (TPSA) is 125 Å². The number of amides is 1. The zero-order valence-corrected chi connectivity index (χ0v) is 22.2.